The minimum atomic E-state index is -1.48. The molecule has 2 fully saturated rings. The van der Waals surface area contributed by atoms with Gasteiger partial charge in [-0.05, 0) is 57.2 Å². The van der Waals surface area contributed by atoms with E-state index in [0.717, 1.165) is 21.7 Å². The van der Waals surface area contributed by atoms with E-state index in [9.17, 15) is 29.1 Å². The first-order valence-corrected chi connectivity index (χ1v) is 26.4. The minimum Gasteiger partial charge on any atom is -0.475 e. The number of hydrogen-bond donors (Lipinski definition) is 4. The van der Waals surface area contributed by atoms with E-state index in [1.165, 1.54) is 22.2 Å². The van der Waals surface area contributed by atoms with E-state index in [1.54, 1.807) is 79.8 Å². The van der Waals surface area contributed by atoms with Crippen molar-refractivity contribution in [3.05, 3.63) is 84.3 Å². The van der Waals surface area contributed by atoms with Crippen LogP contribution in [0.5, 0.6) is 11.6 Å². The Balaban J connectivity index is 0.743. The van der Waals surface area contributed by atoms with Gasteiger partial charge in [0.15, 0.2) is 22.8 Å². The summed E-state index contributed by atoms with van der Waals surface area (Å²) in [7, 11) is 0. The van der Waals surface area contributed by atoms with Crippen LogP contribution in [0.25, 0.3) is 27.3 Å². The molecule has 8 heterocycles. The first-order chi connectivity index (χ1) is 36.7. The zero-order chi connectivity index (χ0) is 54.8. The third-order valence-corrected chi connectivity index (χ3v) is 14.4. The average molecular weight is 1070 g/mol. The van der Waals surface area contributed by atoms with E-state index in [1.807, 2.05) is 61.8 Å². The number of hydrogen-bond acceptors (Lipinski definition) is 18. The number of likely N-dealkylation sites (tertiary alicyclic amines) is 1. The Morgan fingerprint density at radius 3 is 2.32 bits per heavy atom. The van der Waals surface area contributed by atoms with Crippen molar-refractivity contribution >= 4 is 64.2 Å². The SMILES string of the molecule is Cc1ncsc1-c1ccc(CNC(=O)[C@@H]2C[C@@H](O)CN2C(=O)[C@@H](NC(=O)C(C)(C)Oc2cnc(N3CCN(CC(=O)Nc4cn5cc(-c6cnc7c(c6)N(C(=O)OC(C)C)CCO7)ncc5n4)CC3)nc2)C(C)(C)C)cc1. The highest BCUT2D eigenvalue weighted by atomic mass is 32.1. The molecule has 0 spiro atoms. The van der Waals surface area contributed by atoms with Crippen LogP contribution in [0.2, 0.25) is 0 Å². The maximum absolute atomic E-state index is 14.3. The molecule has 5 aromatic heterocycles. The molecular formula is C53H64N14O9S. The zero-order valence-electron chi connectivity index (χ0n) is 44.3. The molecular weight excluding hydrogens is 1010 g/mol. The molecule has 5 amide bonds. The van der Waals surface area contributed by atoms with Crippen molar-refractivity contribution in [2.75, 3.05) is 67.5 Å². The summed E-state index contributed by atoms with van der Waals surface area (Å²) in [6.45, 7) is 17.3. The lowest BCUT2D eigenvalue weighted by molar-refractivity contribution is -0.146. The largest absolute Gasteiger partial charge is 0.475 e. The molecule has 2 saturated heterocycles. The summed E-state index contributed by atoms with van der Waals surface area (Å²) < 4.78 is 19.0. The molecule has 3 aliphatic heterocycles. The number of aliphatic hydroxyl groups is 1. The van der Waals surface area contributed by atoms with Gasteiger partial charge in [0, 0.05) is 63.6 Å². The lowest BCUT2D eigenvalue weighted by Crippen LogP contribution is -2.61. The number of fused-ring (bicyclic) bond motifs is 2. The van der Waals surface area contributed by atoms with Crippen molar-refractivity contribution in [2.45, 2.75) is 98.2 Å². The van der Waals surface area contributed by atoms with Crippen molar-refractivity contribution < 1.29 is 43.3 Å². The van der Waals surface area contributed by atoms with Crippen LogP contribution in [0.4, 0.5) is 22.2 Å². The Labute approximate surface area is 449 Å². The standard InChI is InChI=1S/C53H64N14O9S/c1-31(2)75-51(73)66-17-18-74-47-40(66)19-35(22-56-47)38-27-65-28-41(60-42(65)25-54-38)61-43(69)29-63-13-15-64(16-14-63)50-57-23-37(24-58-50)76-53(7,8)49(72)62-45(52(4,5)6)48(71)67-26-36(68)20-39(67)46(70)55-21-33-9-11-34(12-10-33)44-32(3)59-30-77-44/h9-12,19,22-25,27-28,30-31,36,39,45,68H,13-18,20-21,26,29H2,1-8H3,(H,55,70)(H,61,69)(H,62,72)/t36-,39+,45-/m1/s1. The first kappa shape index (κ1) is 54.0. The van der Waals surface area contributed by atoms with Crippen LogP contribution in [0.3, 0.4) is 0 Å². The molecule has 3 atom stereocenters. The Hall–Kier alpha value is -7.83. The number of aliphatic hydroxyl groups excluding tert-OH is 1. The van der Waals surface area contributed by atoms with E-state index in [-0.39, 0.29) is 43.8 Å². The van der Waals surface area contributed by atoms with Gasteiger partial charge in [0.05, 0.1) is 71.9 Å². The van der Waals surface area contributed by atoms with Crippen LogP contribution in [0.15, 0.2) is 73.0 Å². The van der Waals surface area contributed by atoms with Crippen LogP contribution in [-0.4, -0.2) is 161 Å². The van der Waals surface area contributed by atoms with Crippen LogP contribution < -0.4 is 35.2 Å². The Bertz CT molecular complexity index is 3130. The van der Waals surface area contributed by atoms with E-state index < -0.39 is 53.0 Å². The van der Waals surface area contributed by atoms with E-state index in [2.05, 4.69) is 45.9 Å². The van der Waals surface area contributed by atoms with Gasteiger partial charge in [-0.3, -0.25) is 34.0 Å². The van der Waals surface area contributed by atoms with Gasteiger partial charge in [-0.15, -0.1) is 11.3 Å². The highest BCUT2D eigenvalue weighted by molar-refractivity contribution is 7.13. The van der Waals surface area contributed by atoms with Gasteiger partial charge >= 0.3 is 6.09 Å². The van der Waals surface area contributed by atoms with Crippen molar-refractivity contribution in [3.8, 4) is 33.3 Å². The number of ether oxygens (including phenoxy) is 3. The number of nitrogens with one attached hydrogen (secondary N) is 3. The highest BCUT2D eigenvalue weighted by Crippen LogP contribution is 2.34. The lowest BCUT2D eigenvalue weighted by Gasteiger charge is -2.37. The van der Waals surface area contributed by atoms with Crippen LogP contribution in [0.1, 0.15) is 66.1 Å². The van der Waals surface area contributed by atoms with Crippen molar-refractivity contribution in [1.29, 1.82) is 0 Å². The van der Waals surface area contributed by atoms with Crippen LogP contribution in [-0.2, 0) is 30.5 Å². The number of amides is 5. The second-order valence-electron chi connectivity index (χ2n) is 21.1. The maximum atomic E-state index is 14.3. The fraction of sp³-hybridized carbons (Fsp3) is 0.453. The highest BCUT2D eigenvalue weighted by Gasteiger charge is 2.46. The number of rotatable bonds is 15. The number of anilines is 3. The number of benzene rings is 1. The summed E-state index contributed by atoms with van der Waals surface area (Å²) in [4.78, 5) is 103. The molecule has 0 bridgehead atoms. The zero-order valence-corrected chi connectivity index (χ0v) is 45.2. The van der Waals surface area contributed by atoms with Gasteiger partial charge in [-0.2, -0.15) is 0 Å². The molecule has 9 rings (SSSR count). The summed E-state index contributed by atoms with van der Waals surface area (Å²) in [6.07, 6.45) is 8.03. The number of β-amino-alcohol motifs (C(OH)–C–C–N with tert-alkyl or cyclic N) is 1. The Morgan fingerprint density at radius 1 is 0.896 bits per heavy atom. The topological polar surface area (TPSA) is 264 Å². The smallest absolute Gasteiger partial charge is 0.414 e. The predicted molar refractivity (Wildman–Crippen MR) is 286 cm³/mol. The number of imidazole rings is 1. The quantitative estimate of drug-likeness (QED) is 0.110. The number of thiazole rings is 1. The van der Waals surface area contributed by atoms with Crippen LogP contribution >= 0.6 is 11.3 Å². The van der Waals surface area contributed by atoms with Gasteiger partial charge in [-0.1, -0.05) is 45.0 Å². The summed E-state index contributed by atoms with van der Waals surface area (Å²) in [6, 6.07) is 7.61. The number of piperazine rings is 1. The van der Waals surface area contributed by atoms with Crippen molar-refractivity contribution in [1.82, 2.24) is 54.7 Å². The second-order valence-corrected chi connectivity index (χ2v) is 22.0. The monoisotopic (exact) mass is 1070 g/mol. The molecule has 24 heteroatoms. The number of nitrogens with zero attached hydrogens (tertiary/aromatic N) is 11. The summed E-state index contributed by atoms with van der Waals surface area (Å²) in [5.41, 5.74) is 4.62. The molecule has 3 aliphatic rings. The summed E-state index contributed by atoms with van der Waals surface area (Å²) in [5, 5.41) is 19.4. The minimum absolute atomic E-state index is 0.0592. The van der Waals surface area contributed by atoms with Gasteiger partial charge < -0.3 is 49.5 Å². The molecule has 0 aliphatic carbocycles. The predicted octanol–water partition coefficient (Wildman–Crippen LogP) is 4.48. The average Bonchev–Trinajstić information content (AvgIpc) is 4.16. The number of aryl methyl sites for hydroxylation is 1. The third kappa shape index (κ3) is 12.6. The normalized spacial score (nSPS) is 17.4. The third-order valence-electron chi connectivity index (χ3n) is 13.4. The molecule has 6 aromatic rings. The molecule has 77 heavy (non-hydrogen) atoms. The van der Waals surface area contributed by atoms with Crippen molar-refractivity contribution in [3.63, 3.8) is 0 Å². The van der Waals surface area contributed by atoms with Gasteiger partial charge in [0.2, 0.25) is 29.5 Å². The fourth-order valence-electron chi connectivity index (χ4n) is 9.25. The number of aromatic nitrogens is 7. The fourth-order valence-corrected chi connectivity index (χ4v) is 10.1. The maximum Gasteiger partial charge on any atom is 0.414 e. The Morgan fingerprint density at radius 2 is 1.64 bits per heavy atom. The molecule has 4 N–H and O–H groups in total. The van der Waals surface area contributed by atoms with E-state index in [4.69, 9.17) is 14.2 Å². The second kappa shape index (κ2) is 22.4. The van der Waals surface area contributed by atoms with Crippen molar-refractivity contribution in [2.24, 2.45) is 5.41 Å². The summed E-state index contributed by atoms with van der Waals surface area (Å²) in [5.74, 6) is -0.316. The number of carbonyl (C=O) groups excluding carboxylic acids is 5. The molecule has 1 aromatic carbocycles. The summed E-state index contributed by atoms with van der Waals surface area (Å²) >= 11 is 1.56. The molecule has 0 unspecified atom stereocenters. The van der Waals surface area contributed by atoms with E-state index in [0.29, 0.717) is 79.6 Å². The molecule has 23 nitrogen and oxygen atoms in total. The number of pyridine rings is 1. The van der Waals surface area contributed by atoms with Gasteiger partial charge in [-0.25, -0.2) is 29.7 Å². The van der Waals surface area contributed by atoms with E-state index >= 15 is 0 Å². The Kier molecular flexibility index (Phi) is 15.7. The van der Waals surface area contributed by atoms with Gasteiger partial charge in [0.25, 0.3) is 5.91 Å². The molecule has 0 saturated carbocycles. The first-order valence-electron chi connectivity index (χ1n) is 25.5. The number of carbonyl (C=O) groups is 5. The molecule has 406 valence electrons. The van der Waals surface area contributed by atoms with Crippen LogP contribution in [0, 0.1) is 12.3 Å². The van der Waals surface area contributed by atoms with Gasteiger partial charge in [0.1, 0.15) is 24.4 Å². The lowest BCUT2D eigenvalue weighted by atomic mass is 9.85. The molecule has 0 radical (unpaired) electrons.